The van der Waals surface area contributed by atoms with Crippen molar-refractivity contribution in [1.29, 1.82) is 0 Å². The van der Waals surface area contributed by atoms with Crippen molar-refractivity contribution in [3.05, 3.63) is 82.7 Å². The third-order valence-corrected chi connectivity index (χ3v) is 5.70. The molecule has 6 heteroatoms. The van der Waals surface area contributed by atoms with Gasteiger partial charge in [-0.2, -0.15) is 0 Å². The molecule has 160 valence electrons. The quantitative estimate of drug-likeness (QED) is 0.694. The SMILES string of the molecule is Cc1ccccc1-n1c(C)cc(C(=O)Nc2cccc(C(=O)N3CCOCC3)c2)c1C. The van der Waals surface area contributed by atoms with Crippen LogP contribution in [0.2, 0.25) is 0 Å². The Balaban J connectivity index is 1.56. The van der Waals surface area contributed by atoms with E-state index in [2.05, 4.69) is 28.9 Å². The summed E-state index contributed by atoms with van der Waals surface area (Å²) in [5.74, 6) is -0.235. The van der Waals surface area contributed by atoms with Crippen molar-refractivity contribution < 1.29 is 14.3 Å². The van der Waals surface area contributed by atoms with Crippen LogP contribution in [0.5, 0.6) is 0 Å². The van der Waals surface area contributed by atoms with E-state index < -0.39 is 0 Å². The number of nitrogens with zero attached hydrogens (tertiary/aromatic N) is 2. The maximum atomic E-state index is 13.1. The smallest absolute Gasteiger partial charge is 0.257 e. The van der Waals surface area contributed by atoms with Crippen molar-refractivity contribution >= 4 is 17.5 Å². The standard InChI is InChI=1S/C25H27N3O3/c1-17-7-4-5-10-23(17)28-18(2)15-22(19(28)3)24(29)26-21-9-6-8-20(16-21)25(30)27-11-13-31-14-12-27/h4-10,15-16H,11-14H2,1-3H3,(H,26,29). The van der Waals surface area contributed by atoms with E-state index in [1.807, 2.05) is 32.0 Å². The molecule has 0 atom stereocenters. The van der Waals surface area contributed by atoms with Gasteiger partial charge < -0.3 is 19.5 Å². The summed E-state index contributed by atoms with van der Waals surface area (Å²) in [6.07, 6.45) is 0. The van der Waals surface area contributed by atoms with Gasteiger partial charge in [0.05, 0.1) is 18.8 Å². The number of benzene rings is 2. The Morgan fingerprint density at radius 3 is 2.42 bits per heavy atom. The van der Waals surface area contributed by atoms with Crippen LogP contribution in [-0.2, 0) is 4.74 Å². The molecule has 1 fully saturated rings. The highest BCUT2D eigenvalue weighted by Gasteiger charge is 2.20. The Bertz CT molecular complexity index is 1130. The van der Waals surface area contributed by atoms with Crippen LogP contribution in [0.15, 0.2) is 54.6 Å². The number of hydrogen-bond acceptors (Lipinski definition) is 3. The molecule has 2 aromatic carbocycles. The van der Waals surface area contributed by atoms with Crippen LogP contribution in [-0.4, -0.2) is 47.6 Å². The molecule has 0 aliphatic carbocycles. The lowest BCUT2D eigenvalue weighted by atomic mass is 10.1. The van der Waals surface area contributed by atoms with E-state index in [1.54, 1.807) is 29.2 Å². The first kappa shape index (κ1) is 20.9. The Morgan fingerprint density at radius 1 is 0.935 bits per heavy atom. The van der Waals surface area contributed by atoms with E-state index in [1.165, 1.54) is 0 Å². The molecule has 6 nitrogen and oxygen atoms in total. The molecule has 1 N–H and O–H groups in total. The summed E-state index contributed by atoms with van der Waals surface area (Å²) in [4.78, 5) is 27.6. The predicted molar refractivity (Wildman–Crippen MR) is 121 cm³/mol. The summed E-state index contributed by atoms with van der Waals surface area (Å²) in [6.45, 7) is 8.29. The van der Waals surface area contributed by atoms with Gasteiger partial charge in [-0.3, -0.25) is 9.59 Å². The monoisotopic (exact) mass is 417 g/mol. The zero-order valence-corrected chi connectivity index (χ0v) is 18.1. The molecule has 1 aliphatic rings. The number of carbonyl (C=O) groups is 2. The molecule has 2 amide bonds. The lowest BCUT2D eigenvalue weighted by Crippen LogP contribution is -2.40. The highest BCUT2D eigenvalue weighted by Crippen LogP contribution is 2.24. The Kier molecular flexibility index (Phi) is 5.91. The molecular weight excluding hydrogens is 390 g/mol. The first-order valence-corrected chi connectivity index (χ1v) is 10.5. The molecule has 2 heterocycles. The van der Waals surface area contributed by atoms with Gasteiger partial charge in [-0.1, -0.05) is 24.3 Å². The normalized spacial score (nSPS) is 13.8. The Hall–Kier alpha value is -3.38. The van der Waals surface area contributed by atoms with Crippen molar-refractivity contribution in [3.8, 4) is 5.69 Å². The first-order valence-electron chi connectivity index (χ1n) is 10.5. The van der Waals surface area contributed by atoms with Crippen molar-refractivity contribution in [2.75, 3.05) is 31.6 Å². The highest BCUT2D eigenvalue weighted by molar-refractivity contribution is 6.06. The van der Waals surface area contributed by atoms with E-state index in [0.717, 1.165) is 22.6 Å². The summed E-state index contributed by atoms with van der Waals surface area (Å²) < 4.78 is 7.42. The van der Waals surface area contributed by atoms with Crippen LogP contribution >= 0.6 is 0 Å². The minimum absolute atomic E-state index is 0.0443. The fourth-order valence-electron chi connectivity index (χ4n) is 4.06. The summed E-state index contributed by atoms with van der Waals surface area (Å²) in [5, 5.41) is 2.96. The Labute approximate surface area is 182 Å². The minimum Gasteiger partial charge on any atom is -0.378 e. The fraction of sp³-hybridized carbons (Fsp3) is 0.280. The molecular formula is C25H27N3O3. The van der Waals surface area contributed by atoms with E-state index in [4.69, 9.17) is 4.74 Å². The van der Waals surface area contributed by atoms with Crippen LogP contribution in [0.1, 0.15) is 37.7 Å². The molecule has 0 spiro atoms. The summed E-state index contributed by atoms with van der Waals surface area (Å²) in [5.41, 5.74) is 5.86. The van der Waals surface area contributed by atoms with Gasteiger partial charge in [0.2, 0.25) is 0 Å². The topological polar surface area (TPSA) is 63.6 Å². The average Bonchev–Trinajstić information content (AvgIpc) is 3.08. The number of anilines is 1. The van der Waals surface area contributed by atoms with Gasteiger partial charge in [-0.15, -0.1) is 0 Å². The van der Waals surface area contributed by atoms with Gasteiger partial charge in [-0.25, -0.2) is 0 Å². The van der Waals surface area contributed by atoms with Gasteiger partial charge in [-0.05, 0) is 56.7 Å². The molecule has 1 aromatic heterocycles. The number of aryl methyl sites for hydroxylation is 2. The molecule has 1 aliphatic heterocycles. The Morgan fingerprint density at radius 2 is 1.68 bits per heavy atom. The van der Waals surface area contributed by atoms with Crippen LogP contribution in [0.3, 0.4) is 0 Å². The molecule has 4 rings (SSSR count). The molecule has 0 saturated carbocycles. The van der Waals surface area contributed by atoms with E-state index >= 15 is 0 Å². The van der Waals surface area contributed by atoms with Crippen molar-refractivity contribution in [1.82, 2.24) is 9.47 Å². The fourth-order valence-corrected chi connectivity index (χ4v) is 4.06. The van der Waals surface area contributed by atoms with Crippen LogP contribution in [0, 0.1) is 20.8 Å². The number of para-hydroxylation sites is 1. The second kappa shape index (κ2) is 8.78. The molecule has 31 heavy (non-hydrogen) atoms. The molecule has 1 saturated heterocycles. The number of morpholine rings is 1. The third kappa shape index (κ3) is 4.25. The van der Waals surface area contributed by atoms with Gasteiger partial charge in [0.1, 0.15) is 0 Å². The van der Waals surface area contributed by atoms with Crippen LogP contribution in [0.25, 0.3) is 5.69 Å². The number of rotatable bonds is 4. The second-order valence-corrected chi connectivity index (χ2v) is 7.85. The largest absolute Gasteiger partial charge is 0.378 e. The predicted octanol–water partition coefficient (Wildman–Crippen LogP) is 4.13. The van der Waals surface area contributed by atoms with Crippen molar-refractivity contribution in [2.45, 2.75) is 20.8 Å². The van der Waals surface area contributed by atoms with E-state index in [9.17, 15) is 9.59 Å². The zero-order chi connectivity index (χ0) is 22.0. The summed E-state index contributed by atoms with van der Waals surface area (Å²) >= 11 is 0. The average molecular weight is 418 g/mol. The zero-order valence-electron chi connectivity index (χ0n) is 18.1. The number of aromatic nitrogens is 1. The van der Waals surface area contributed by atoms with E-state index in [0.29, 0.717) is 43.1 Å². The first-order chi connectivity index (χ1) is 15.0. The maximum absolute atomic E-state index is 13.1. The van der Waals surface area contributed by atoms with Crippen LogP contribution < -0.4 is 5.32 Å². The van der Waals surface area contributed by atoms with Crippen molar-refractivity contribution in [3.63, 3.8) is 0 Å². The number of ether oxygens (including phenoxy) is 1. The van der Waals surface area contributed by atoms with Gasteiger partial charge >= 0.3 is 0 Å². The lowest BCUT2D eigenvalue weighted by molar-refractivity contribution is 0.0303. The molecule has 3 aromatic rings. The third-order valence-electron chi connectivity index (χ3n) is 5.70. The maximum Gasteiger partial charge on any atom is 0.257 e. The highest BCUT2D eigenvalue weighted by atomic mass is 16.5. The summed E-state index contributed by atoms with van der Waals surface area (Å²) in [6, 6.07) is 17.1. The van der Waals surface area contributed by atoms with Gasteiger partial charge in [0.15, 0.2) is 0 Å². The van der Waals surface area contributed by atoms with Crippen LogP contribution in [0.4, 0.5) is 5.69 Å². The van der Waals surface area contributed by atoms with Gasteiger partial charge in [0.25, 0.3) is 11.8 Å². The number of carbonyl (C=O) groups excluding carboxylic acids is 2. The molecule has 0 radical (unpaired) electrons. The van der Waals surface area contributed by atoms with E-state index in [-0.39, 0.29) is 11.8 Å². The van der Waals surface area contributed by atoms with Gasteiger partial charge in [0, 0.05) is 41.4 Å². The number of nitrogens with one attached hydrogen (secondary N) is 1. The molecule has 0 unspecified atom stereocenters. The molecule has 0 bridgehead atoms. The number of hydrogen-bond donors (Lipinski definition) is 1. The lowest BCUT2D eigenvalue weighted by Gasteiger charge is -2.27. The van der Waals surface area contributed by atoms with Crippen molar-refractivity contribution in [2.24, 2.45) is 0 Å². The summed E-state index contributed by atoms with van der Waals surface area (Å²) in [7, 11) is 0. The number of amides is 2. The second-order valence-electron chi connectivity index (χ2n) is 7.85. The minimum atomic E-state index is -0.191.